The van der Waals surface area contributed by atoms with E-state index in [1.54, 1.807) is 0 Å². The van der Waals surface area contributed by atoms with Crippen molar-refractivity contribution >= 4 is 30.8 Å². The number of aliphatic carboxylic acids is 1. The van der Waals surface area contributed by atoms with E-state index >= 15 is 0 Å². The molecule has 0 bridgehead atoms. The van der Waals surface area contributed by atoms with E-state index in [4.69, 9.17) is 5.11 Å². The van der Waals surface area contributed by atoms with Crippen molar-refractivity contribution in [1.29, 1.82) is 0 Å². The Morgan fingerprint density at radius 3 is 1.85 bits per heavy atom. The summed E-state index contributed by atoms with van der Waals surface area (Å²) in [5.41, 5.74) is 2.55. The van der Waals surface area contributed by atoms with Crippen LogP contribution in [0.2, 0.25) is 0 Å². The van der Waals surface area contributed by atoms with Crippen molar-refractivity contribution in [3.8, 4) is 0 Å². The highest BCUT2D eigenvalue weighted by atomic mass is 35.5. The summed E-state index contributed by atoms with van der Waals surface area (Å²) >= 11 is 0. The van der Waals surface area contributed by atoms with Gasteiger partial charge in [-0.3, -0.25) is 14.6 Å². The number of nitrogens with zero attached hydrogens (tertiary/aromatic N) is 2. The van der Waals surface area contributed by atoms with Gasteiger partial charge in [-0.15, -0.1) is 24.8 Å². The SMILES string of the molecule is C[C@@H]1CN(C(c2ccccc2)c2ccccc2)[C@@H](C)CN1CC(=O)O.Cl.Cl. The molecule has 1 N–H and O–H groups in total. The van der Waals surface area contributed by atoms with Crippen LogP contribution in [0.1, 0.15) is 31.0 Å². The molecule has 0 aliphatic carbocycles. The molecule has 3 rings (SSSR count). The second kappa shape index (κ2) is 10.7. The van der Waals surface area contributed by atoms with E-state index in [1.165, 1.54) is 11.1 Å². The minimum Gasteiger partial charge on any atom is -0.480 e. The number of piperazine rings is 1. The first-order chi connectivity index (χ1) is 12.1. The van der Waals surface area contributed by atoms with E-state index < -0.39 is 5.97 Å². The molecule has 2 aromatic carbocycles. The molecule has 0 spiro atoms. The molecule has 27 heavy (non-hydrogen) atoms. The van der Waals surface area contributed by atoms with Crippen LogP contribution in [-0.2, 0) is 4.79 Å². The smallest absolute Gasteiger partial charge is 0.317 e. The third-order valence-electron chi connectivity index (χ3n) is 5.06. The number of carboxylic acids is 1. The van der Waals surface area contributed by atoms with Gasteiger partial charge in [-0.2, -0.15) is 0 Å². The van der Waals surface area contributed by atoms with E-state index in [0.29, 0.717) is 0 Å². The molecule has 4 nitrogen and oxygen atoms in total. The minimum atomic E-state index is -0.754. The van der Waals surface area contributed by atoms with Gasteiger partial charge in [0.1, 0.15) is 0 Å². The van der Waals surface area contributed by atoms with Crippen molar-refractivity contribution in [3.05, 3.63) is 71.8 Å². The number of rotatable bonds is 5. The lowest BCUT2D eigenvalue weighted by atomic mass is 9.93. The molecule has 2 aromatic rings. The highest BCUT2D eigenvalue weighted by Crippen LogP contribution is 2.32. The Morgan fingerprint density at radius 1 is 0.926 bits per heavy atom. The maximum atomic E-state index is 11.1. The highest BCUT2D eigenvalue weighted by Gasteiger charge is 2.35. The first kappa shape index (κ1) is 23.4. The first-order valence-corrected chi connectivity index (χ1v) is 8.87. The lowest BCUT2D eigenvalue weighted by Gasteiger charge is -2.47. The summed E-state index contributed by atoms with van der Waals surface area (Å²) in [7, 11) is 0. The Balaban J connectivity index is 0.00000182. The molecule has 0 aromatic heterocycles. The molecular weight excluding hydrogens is 383 g/mol. The molecule has 1 aliphatic rings. The maximum absolute atomic E-state index is 11.1. The van der Waals surface area contributed by atoms with Gasteiger partial charge in [0.25, 0.3) is 0 Å². The van der Waals surface area contributed by atoms with Gasteiger partial charge >= 0.3 is 5.97 Å². The number of benzene rings is 2. The second-order valence-corrected chi connectivity index (χ2v) is 6.94. The molecule has 0 radical (unpaired) electrons. The summed E-state index contributed by atoms with van der Waals surface area (Å²) in [4.78, 5) is 15.7. The summed E-state index contributed by atoms with van der Waals surface area (Å²) in [6.07, 6.45) is 0. The summed E-state index contributed by atoms with van der Waals surface area (Å²) < 4.78 is 0. The molecule has 1 heterocycles. The normalized spacial score (nSPS) is 20.6. The van der Waals surface area contributed by atoms with Gasteiger partial charge in [-0.1, -0.05) is 60.7 Å². The molecule has 0 unspecified atom stereocenters. The predicted octanol–water partition coefficient (Wildman–Crippen LogP) is 4.10. The van der Waals surface area contributed by atoms with Crippen LogP contribution in [0.4, 0.5) is 0 Å². The van der Waals surface area contributed by atoms with E-state index in [1.807, 2.05) is 12.1 Å². The highest BCUT2D eigenvalue weighted by molar-refractivity contribution is 5.85. The van der Waals surface area contributed by atoms with Crippen LogP contribution >= 0.6 is 24.8 Å². The fraction of sp³-hybridized carbons (Fsp3) is 0.381. The average Bonchev–Trinajstić information content (AvgIpc) is 2.61. The van der Waals surface area contributed by atoms with Gasteiger partial charge < -0.3 is 5.11 Å². The monoisotopic (exact) mass is 410 g/mol. The van der Waals surface area contributed by atoms with E-state index in [9.17, 15) is 4.79 Å². The van der Waals surface area contributed by atoms with Crippen molar-refractivity contribution < 1.29 is 9.90 Å². The zero-order valence-corrected chi connectivity index (χ0v) is 17.3. The molecule has 1 saturated heterocycles. The lowest BCUT2D eigenvalue weighted by molar-refractivity contribution is -0.140. The number of hydrogen-bond donors (Lipinski definition) is 1. The molecular formula is C21H28Cl2N2O2. The fourth-order valence-electron chi connectivity index (χ4n) is 3.82. The van der Waals surface area contributed by atoms with Crippen LogP contribution < -0.4 is 0 Å². The summed E-state index contributed by atoms with van der Waals surface area (Å²) in [5.74, 6) is -0.754. The van der Waals surface area contributed by atoms with E-state index in [-0.39, 0.29) is 49.5 Å². The second-order valence-electron chi connectivity index (χ2n) is 6.94. The quantitative estimate of drug-likeness (QED) is 0.805. The van der Waals surface area contributed by atoms with Crippen molar-refractivity contribution in [2.24, 2.45) is 0 Å². The van der Waals surface area contributed by atoms with Crippen LogP contribution in [0.25, 0.3) is 0 Å². The summed E-state index contributed by atoms with van der Waals surface area (Å²) in [6, 6.07) is 21.8. The van der Waals surface area contributed by atoms with Crippen molar-refractivity contribution in [1.82, 2.24) is 9.80 Å². The van der Waals surface area contributed by atoms with Gasteiger partial charge in [0.15, 0.2) is 0 Å². The van der Waals surface area contributed by atoms with Gasteiger partial charge in [-0.25, -0.2) is 0 Å². The first-order valence-electron chi connectivity index (χ1n) is 8.87. The molecule has 2 atom stereocenters. The Bertz CT molecular complexity index is 660. The molecule has 1 fully saturated rings. The van der Waals surface area contributed by atoms with Crippen LogP contribution in [0.5, 0.6) is 0 Å². The molecule has 1 aliphatic heterocycles. The lowest BCUT2D eigenvalue weighted by Crippen LogP contribution is -2.58. The van der Waals surface area contributed by atoms with Crippen molar-refractivity contribution in [2.45, 2.75) is 32.0 Å². The van der Waals surface area contributed by atoms with Crippen molar-refractivity contribution in [3.63, 3.8) is 0 Å². The molecule has 6 heteroatoms. The third kappa shape index (κ3) is 5.69. The standard InChI is InChI=1S/C21H26N2O2.2ClH/c1-16-14-23(17(2)13-22(16)15-20(24)25)21(18-9-5-3-6-10-18)19-11-7-4-8-12-19;;/h3-12,16-17,21H,13-15H2,1-2H3,(H,24,25);2*1H/t16-,17+;;/m1../s1. The molecule has 148 valence electrons. The maximum Gasteiger partial charge on any atom is 0.317 e. The largest absolute Gasteiger partial charge is 0.480 e. The van der Waals surface area contributed by atoms with E-state index in [2.05, 4.69) is 72.2 Å². The van der Waals surface area contributed by atoms with Gasteiger partial charge in [0.2, 0.25) is 0 Å². The average molecular weight is 411 g/mol. The topological polar surface area (TPSA) is 43.8 Å². The van der Waals surface area contributed by atoms with Crippen LogP contribution in [0.15, 0.2) is 60.7 Å². The van der Waals surface area contributed by atoms with Crippen LogP contribution in [-0.4, -0.2) is 52.6 Å². The van der Waals surface area contributed by atoms with Crippen LogP contribution in [0.3, 0.4) is 0 Å². The molecule has 0 amide bonds. The summed E-state index contributed by atoms with van der Waals surface area (Å²) in [6.45, 7) is 6.04. The predicted molar refractivity (Wildman–Crippen MR) is 114 cm³/mol. The van der Waals surface area contributed by atoms with Crippen molar-refractivity contribution in [2.75, 3.05) is 19.6 Å². The Labute approximate surface area is 174 Å². The van der Waals surface area contributed by atoms with Gasteiger partial charge in [0, 0.05) is 25.2 Å². The zero-order chi connectivity index (χ0) is 17.8. The van der Waals surface area contributed by atoms with Gasteiger partial charge in [-0.05, 0) is 25.0 Å². The zero-order valence-electron chi connectivity index (χ0n) is 15.7. The summed E-state index contributed by atoms with van der Waals surface area (Å²) in [5, 5.41) is 9.15. The minimum absolute atomic E-state index is 0. The third-order valence-corrected chi connectivity index (χ3v) is 5.06. The number of carbonyl (C=O) groups is 1. The fourth-order valence-corrected chi connectivity index (χ4v) is 3.82. The number of carboxylic acid groups (broad SMARTS) is 1. The Kier molecular flexibility index (Phi) is 9.27. The molecule has 0 saturated carbocycles. The van der Waals surface area contributed by atoms with E-state index in [0.717, 1.165) is 13.1 Å². The Morgan fingerprint density at radius 2 is 1.41 bits per heavy atom. The number of halogens is 2. The van der Waals surface area contributed by atoms with Crippen LogP contribution in [0, 0.1) is 0 Å². The van der Waals surface area contributed by atoms with Gasteiger partial charge in [0.05, 0.1) is 12.6 Å². The number of hydrogen-bond acceptors (Lipinski definition) is 3. The Hall–Kier alpha value is -1.59.